The number of nitrogens with zero attached hydrogens (tertiary/aromatic N) is 2. The summed E-state index contributed by atoms with van der Waals surface area (Å²) in [7, 11) is 1.57. The van der Waals surface area contributed by atoms with Crippen LogP contribution in [0.25, 0.3) is 16.8 Å². The number of aliphatic carboxylic acids is 1. The Morgan fingerprint density at radius 2 is 1.83 bits per heavy atom. The van der Waals surface area contributed by atoms with Gasteiger partial charge in [0.2, 0.25) is 0 Å². The van der Waals surface area contributed by atoms with Crippen LogP contribution < -0.4 is 24.4 Å². The van der Waals surface area contributed by atoms with Gasteiger partial charge in [-0.05, 0) is 54.0 Å². The summed E-state index contributed by atoms with van der Waals surface area (Å²) in [6.07, 6.45) is 3.02. The minimum atomic E-state index is -1.07. The number of carboxylic acid groups (broad SMARTS) is 1. The molecule has 5 rings (SSSR count). The van der Waals surface area contributed by atoms with E-state index in [1.54, 1.807) is 48.9 Å². The third-order valence-corrected chi connectivity index (χ3v) is 7.84. The summed E-state index contributed by atoms with van der Waals surface area (Å²) in [6, 6.07) is 17.5. The van der Waals surface area contributed by atoms with E-state index >= 15 is 0 Å². The molecule has 1 unspecified atom stereocenters. The molecule has 0 fully saturated rings. The van der Waals surface area contributed by atoms with Gasteiger partial charge in [0.25, 0.3) is 5.56 Å². The lowest BCUT2D eigenvalue weighted by Crippen LogP contribution is -2.40. The van der Waals surface area contributed by atoms with Crippen LogP contribution >= 0.6 is 11.3 Å². The van der Waals surface area contributed by atoms with Crippen LogP contribution in [0.1, 0.15) is 43.9 Å². The molecule has 1 N–H and O–H groups in total. The number of ether oxygens (including phenoxy) is 3. The Hall–Kier alpha value is -4.70. The molecule has 42 heavy (non-hydrogen) atoms. The standard InChI is InChI=1S/C32H30N2O7S/c1-4-8-23-28(31(38)40-5-2)29(27-22-10-7-6-9-20(22)13-16-24(27)39-3)34-30(37)25(42-32(34)33-23)17-19-11-14-21(15-12-19)41-18-26(35)36/h6-7,9-17,29H,4-5,8,18H2,1-3H3,(H,35,36)/b25-17-. The van der Waals surface area contributed by atoms with E-state index < -0.39 is 24.6 Å². The maximum absolute atomic E-state index is 14.1. The molecule has 0 spiro atoms. The molecule has 0 bridgehead atoms. The minimum Gasteiger partial charge on any atom is -0.496 e. The van der Waals surface area contributed by atoms with Crippen molar-refractivity contribution in [2.45, 2.75) is 32.7 Å². The van der Waals surface area contributed by atoms with Crippen molar-refractivity contribution in [2.75, 3.05) is 20.3 Å². The SMILES string of the molecule is CCCC1=C(C(=O)OCC)C(c2c(OC)ccc3ccccc23)n2c(s/c(=C\c3ccc(OCC(=O)O)cc3)c2=O)=N1. The second kappa shape index (κ2) is 12.4. The third-order valence-electron chi connectivity index (χ3n) is 6.86. The zero-order valence-corrected chi connectivity index (χ0v) is 24.3. The Morgan fingerprint density at radius 3 is 2.52 bits per heavy atom. The number of carbonyl (C=O) groups is 2. The molecule has 9 nitrogen and oxygen atoms in total. The first kappa shape index (κ1) is 28.8. The fourth-order valence-corrected chi connectivity index (χ4v) is 6.11. The molecule has 1 atom stereocenters. The van der Waals surface area contributed by atoms with Crippen molar-refractivity contribution in [1.82, 2.24) is 4.57 Å². The number of benzene rings is 3. The highest BCUT2D eigenvalue weighted by Gasteiger charge is 2.37. The topological polar surface area (TPSA) is 116 Å². The molecule has 1 aromatic heterocycles. The number of esters is 1. The summed E-state index contributed by atoms with van der Waals surface area (Å²) in [5.41, 5.74) is 2.02. The Balaban J connectivity index is 1.75. The Kier molecular flexibility index (Phi) is 8.53. The van der Waals surface area contributed by atoms with E-state index in [4.69, 9.17) is 24.3 Å². The number of hydrogen-bond donors (Lipinski definition) is 1. The van der Waals surface area contributed by atoms with Gasteiger partial charge in [-0.1, -0.05) is 67.1 Å². The number of methoxy groups -OCH3 is 1. The van der Waals surface area contributed by atoms with Crippen LogP contribution in [0.3, 0.4) is 0 Å². The zero-order valence-electron chi connectivity index (χ0n) is 23.5. The van der Waals surface area contributed by atoms with Crippen molar-refractivity contribution in [2.24, 2.45) is 4.99 Å². The first-order valence-electron chi connectivity index (χ1n) is 13.6. The van der Waals surface area contributed by atoms with E-state index in [-0.39, 0.29) is 12.2 Å². The normalized spacial score (nSPS) is 14.8. The molecule has 2 heterocycles. The maximum Gasteiger partial charge on any atom is 0.341 e. The molecule has 0 saturated heterocycles. The van der Waals surface area contributed by atoms with Gasteiger partial charge in [0.05, 0.1) is 29.5 Å². The Bertz CT molecular complexity index is 1870. The van der Waals surface area contributed by atoms with Crippen LogP contribution in [-0.2, 0) is 14.3 Å². The van der Waals surface area contributed by atoms with Crippen LogP contribution in [0.5, 0.6) is 11.5 Å². The number of fused-ring (bicyclic) bond motifs is 2. The summed E-state index contributed by atoms with van der Waals surface area (Å²) in [5, 5.41) is 10.6. The highest BCUT2D eigenvalue weighted by atomic mass is 32.1. The summed E-state index contributed by atoms with van der Waals surface area (Å²) in [4.78, 5) is 43.9. The lowest BCUT2D eigenvalue weighted by molar-refractivity contribution is -0.140. The molecule has 4 aromatic rings. The van der Waals surface area contributed by atoms with Crippen LogP contribution in [0.4, 0.5) is 0 Å². The summed E-state index contributed by atoms with van der Waals surface area (Å²) < 4.78 is 18.6. The van der Waals surface area contributed by atoms with Gasteiger partial charge >= 0.3 is 11.9 Å². The number of carboxylic acids is 1. The lowest BCUT2D eigenvalue weighted by Gasteiger charge is -2.28. The smallest absolute Gasteiger partial charge is 0.341 e. The van der Waals surface area contributed by atoms with Gasteiger partial charge in [-0.25, -0.2) is 14.6 Å². The lowest BCUT2D eigenvalue weighted by atomic mass is 9.90. The second-order valence-corrected chi connectivity index (χ2v) is 10.6. The van der Waals surface area contributed by atoms with Crippen LogP contribution in [0, 0.1) is 0 Å². The molecule has 0 amide bonds. The fraction of sp³-hybridized carbons (Fsp3) is 0.250. The average molecular weight is 587 g/mol. The average Bonchev–Trinajstić information content (AvgIpc) is 3.29. The Morgan fingerprint density at radius 1 is 1.07 bits per heavy atom. The number of allylic oxidation sites excluding steroid dienone is 1. The molecule has 216 valence electrons. The van der Waals surface area contributed by atoms with E-state index in [2.05, 4.69) is 0 Å². The molecule has 0 aliphatic carbocycles. The maximum atomic E-state index is 14.1. The van der Waals surface area contributed by atoms with Crippen molar-refractivity contribution in [3.05, 3.63) is 103 Å². The summed E-state index contributed by atoms with van der Waals surface area (Å²) in [6.45, 7) is 3.49. The van der Waals surface area contributed by atoms with Gasteiger partial charge in [0.15, 0.2) is 11.4 Å². The van der Waals surface area contributed by atoms with Crippen molar-refractivity contribution >= 4 is 40.1 Å². The minimum absolute atomic E-state index is 0.178. The molecular weight excluding hydrogens is 556 g/mol. The number of aromatic nitrogens is 1. The first-order chi connectivity index (χ1) is 20.4. The summed E-state index contributed by atoms with van der Waals surface area (Å²) >= 11 is 1.24. The van der Waals surface area contributed by atoms with Crippen molar-refractivity contribution in [1.29, 1.82) is 0 Å². The van der Waals surface area contributed by atoms with Gasteiger partial charge in [0.1, 0.15) is 17.5 Å². The number of carbonyl (C=O) groups excluding carboxylic acids is 1. The van der Waals surface area contributed by atoms with Gasteiger partial charge in [0, 0.05) is 5.56 Å². The Labute approximate surface area is 245 Å². The van der Waals surface area contributed by atoms with E-state index in [9.17, 15) is 14.4 Å². The number of hydrogen-bond acceptors (Lipinski definition) is 8. The van der Waals surface area contributed by atoms with Crippen LogP contribution in [0.15, 0.2) is 81.7 Å². The van der Waals surface area contributed by atoms with E-state index in [0.29, 0.717) is 44.1 Å². The van der Waals surface area contributed by atoms with Crippen molar-refractivity contribution in [3.8, 4) is 11.5 Å². The number of thiazole rings is 1. The molecule has 1 aliphatic rings. The van der Waals surface area contributed by atoms with Crippen LogP contribution in [0.2, 0.25) is 0 Å². The molecule has 3 aromatic carbocycles. The van der Waals surface area contributed by atoms with E-state index in [1.165, 1.54) is 11.3 Å². The van der Waals surface area contributed by atoms with Crippen LogP contribution in [-0.4, -0.2) is 41.9 Å². The zero-order chi connectivity index (χ0) is 29.8. The quantitative estimate of drug-likeness (QED) is 0.277. The molecule has 1 aliphatic heterocycles. The molecule has 0 radical (unpaired) electrons. The number of rotatable bonds is 10. The molecular formula is C32H30N2O7S. The van der Waals surface area contributed by atoms with Gasteiger partial charge in [-0.2, -0.15) is 0 Å². The van der Waals surface area contributed by atoms with Crippen molar-refractivity contribution in [3.63, 3.8) is 0 Å². The van der Waals surface area contributed by atoms with E-state index in [0.717, 1.165) is 22.8 Å². The predicted molar refractivity (Wildman–Crippen MR) is 160 cm³/mol. The van der Waals surface area contributed by atoms with Crippen molar-refractivity contribution < 1.29 is 28.9 Å². The largest absolute Gasteiger partial charge is 0.496 e. The highest BCUT2D eigenvalue weighted by molar-refractivity contribution is 7.07. The monoisotopic (exact) mass is 586 g/mol. The molecule has 10 heteroatoms. The fourth-order valence-electron chi connectivity index (χ4n) is 5.09. The second-order valence-electron chi connectivity index (χ2n) is 9.57. The third kappa shape index (κ3) is 5.58. The molecule has 0 saturated carbocycles. The van der Waals surface area contributed by atoms with Gasteiger partial charge in [-0.15, -0.1) is 0 Å². The van der Waals surface area contributed by atoms with Gasteiger partial charge < -0.3 is 19.3 Å². The predicted octanol–water partition coefficient (Wildman–Crippen LogP) is 4.20. The first-order valence-corrected chi connectivity index (χ1v) is 14.4. The summed E-state index contributed by atoms with van der Waals surface area (Å²) in [5.74, 6) is -0.634. The van der Waals surface area contributed by atoms with Gasteiger partial charge in [-0.3, -0.25) is 9.36 Å². The highest BCUT2D eigenvalue weighted by Crippen LogP contribution is 2.41. The van der Waals surface area contributed by atoms with E-state index in [1.807, 2.05) is 43.3 Å².